The first-order chi connectivity index (χ1) is 11.2. The summed E-state index contributed by atoms with van der Waals surface area (Å²) in [6, 6.07) is 9.56. The van der Waals surface area contributed by atoms with Crippen LogP contribution in [0.4, 0.5) is 4.39 Å². The molecule has 0 unspecified atom stereocenters. The molecule has 0 aliphatic heterocycles. The summed E-state index contributed by atoms with van der Waals surface area (Å²) < 4.78 is 13.8. The fraction of sp³-hybridized carbons (Fsp3) is 0.278. The summed E-state index contributed by atoms with van der Waals surface area (Å²) in [5, 5.41) is 0. The van der Waals surface area contributed by atoms with E-state index in [-0.39, 0.29) is 5.82 Å². The van der Waals surface area contributed by atoms with Crippen LogP contribution in [-0.2, 0) is 6.42 Å². The van der Waals surface area contributed by atoms with Crippen molar-refractivity contribution in [3.8, 4) is 0 Å². The predicted molar refractivity (Wildman–Crippen MR) is 91.4 cm³/mol. The number of hydrogen-bond donors (Lipinski definition) is 2. The highest BCUT2D eigenvalue weighted by molar-refractivity contribution is 7.99. The van der Waals surface area contributed by atoms with E-state index in [1.54, 1.807) is 24.2 Å². The molecule has 0 spiro atoms. The molecule has 5 heteroatoms. The van der Waals surface area contributed by atoms with Crippen LogP contribution in [0.25, 0.3) is 11.0 Å². The Kier molecular flexibility index (Phi) is 3.83. The second kappa shape index (κ2) is 5.98. The van der Waals surface area contributed by atoms with E-state index in [9.17, 15) is 4.39 Å². The van der Waals surface area contributed by atoms with Gasteiger partial charge in [-0.2, -0.15) is 0 Å². The minimum atomic E-state index is -0.245. The minimum absolute atomic E-state index is 0.245. The zero-order valence-corrected chi connectivity index (χ0v) is 13.5. The molecule has 3 aromatic rings. The van der Waals surface area contributed by atoms with E-state index in [2.05, 4.69) is 28.2 Å². The molecule has 23 heavy (non-hydrogen) atoms. The molecule has 0 fully saturated rings. The summed E-state index contributed by atoms with van der Waals surface area (Å²) >= 11 is 1.56. The molecule has 0 saturated heterocycles. The van der Waals surface area contributed by atoms with E-state index >= 15 is 0 Å². The maximum atomic E-state index is 13.8. The van der Waals surface area contributed by atoms with Gasteiger partial charge in [-0.25, -0.2) is 9.37 Å². The zero-order valence-electron chi connectivity index (χ0n) is 12.7. The van der Waals surface area contributed by atoms with Crippen LogP contribution in [0, 0.1) is 5.82 Å². The van der Waals surface area contributed by atoms with E-state index in [0.717, 1.165) is 27.2 Å². The molecule has 3 N–H and O–H groups in total. The van der Waals surface area contributed by atoms with Crippen molar-refractivity contribution >= 4 is 22.8 Å². The summed E-state index contributed by atoms with van der Waals surface area (Å²) in [6.45, 7) is 0.706. The van der Waals surface area contributed by atoms with Crippen LogP contribution < -0.4 is 5.73 Å². The number of imidazole rings is 1. The van der Waals surface area contributed by atoms with Crippen molar-refractivity contribution in [2.75, 3.05) is 6.54 Å². The van der Waals surface area contributed by atoms with Gasteiger partial charge in [0.2, 0.25) is 0 Å². The van der Waals surface area contributed by atoms with Crippen LogP contribution in [0.3, 0.4) is 0 Å². The highest BCUT2D eigenvalue weighted by atomic mass is 32.2. The number of aromatic nitrogens is 2. The Hall–Kier alpha value is -1.85. The first-order valence-electron chi connectivity index (χ1n) is 7.88. The molecule has 3 nitrogen and oxygen atoms in total. The second-order valence-corrected chi connectivity index (χ2v) is 7.11. The van der Waals surface area contributed by atoms with E-state index in [0.29, 0.717) is 12.5 Å². The first-order valence-corrected chi connectivity index (χ1v) is 8.69. The molecular weight excluding hydrogens is 309 g/mol. The SMILES string of the molecule is NC[C@@H]1CCCc2cc(Sc3cc(F)cc4[nH]cnc34)ccc21. The highest BCUT2D eigenvalue weighted by Crippen LogP contribution is 2.37. The standard InChI is InChI=1S/C18H18FN3S/c19-13-7-16-18(22-10-21-16)17(8-13)23-14-4-5-15-11(6-14)2-1-3-12(15)9-20/h4-8,10,12H,1-3,9,20H2,(H,21,22)/t12-/m0/s1. The zero-order chi connectivity index (χ0) is 15.8. The average molecular weight is 327 g/mol. The maximum absolute atomic E-state index is 13.8. The molecule has 4 rings (SSSR count). The topological polar surface area (TPSA) is 54.7 Å². The Balaban J connectivity index is 1.70. The van der Waals surface area contributed by atoms with Crippen molar-refractivity contribution < 1.29 is 4.39 Å². The van der Waals surface area contributed by atoms with E-state index in [4.69, 9.17) is 5.73 Å². The summed E-state index contributed by atoms with van der Waals surface area (Å²) in [6.07, 6.45) is 5.06. The molecule has 1 aliphatic rings. The summed E-state index contributed by atoms with van der Waals surface area (Å²) in [5.41, 5.74) is 10.2. The van der Waals surface area contributed by atoms with E-state index in [1.165, 1.54) is 30.0 Å². The fourth-order valence-corrected chi connectivity index (χ4v) is 4.41. The molecule has 0 radical (unpaired) electrons. The van der Waals surface area contributed by atoms with Crippen molar-refractivity contribution in [3.05, 3.63) is 53.6 Å². The molecule has 0 amide bonds. The van der Waals surface area contributed by atoms with Gasteiger partial charge in [0.05, 0.1) is 11.8 Å². The van der Waals surface area contributed by atoms with Gasteiger partial charge in [0.25, 0.3) is 0 Å². The Bertz CT molecular complexity index is 859. The Morgan fingerprint density at radius 2 is 2.22 bits per heavy atom. The number of nitrogens with one attached hydrogen (secondary N) is 1. The van der Waals surface area contributed by atoms with Gasteiger partial charge < -0.3 is 10.7 Å². The molecule has 1 heterocycles. The molecular formula is C18H18FN3S. The molecule has 2 aromatic carbocycles. The lowest BCUT2D eigenvalue weighted by Crippen LogP contribution is -2.18. The van der Waals surface area contributed by atoms with Crippen molar-refractivity contribution in [1.29, 1.82) is 0 Å². The van der Waals surface area contributed by atoms with Crippen molar-refractivity contribution in [2.24, 2.45) is 5.73 Å². The van der Waals surface area contributed by atoms with Gasteiger partial charge in [-0.1, -0.05) is 17.8 Å². The number of fused-ring (bicyclic) bond motifs is 2. The summed E-state index contributed by atoms with van der Waals surface area (Å²) in [5.74, 6) is 0.232. The largest absolute Gasteiger partial charge is 0.344 e. The van der Waals surface area contributed by atoms with Gasteiger partial charge in [-0.05, 0) is 67.1 Å². The van der Waals surface area contributed by atoms with Crippen molar-refractivity contribution in [1.82, 2.24) is 9.97 Å². The highest BCUT2D eigenvalue weighted by Gasteiger charge is 2.19. The molecule has 1 atom stereocenters. The number of aryl methyl sites for hydroxylation is 1. The number of nitrogens with zero attached hydrogens (tertiary/aromatic N) is 1. The van der Waals surface area contributed by atoms with Crippen LogP contribution in [0.5, 0.6) is 0 Å². The van der Waals surface area contributed by atoms with E-state index < -0.39 is 0 Å². The van der Waals surface area contributed by atoms with Gasteiger partial charge in [0, 0.05) is 9.79 Å². The number of hydrogen-bond acceptors (Lipinski definition) is 3. The Morgan fingerprint density at radius 1 is 1.30 bits per heavy atom. The van der Waals surface area contributed by atoms with Crippen LogP contribution in [-0.4, -0.2) is 16.5 Å². The molecule has 0 bridgehead atoms. The quantitative estimate of drug-likeness (QED) is 0.757. The third-order valence-corrected chi connectivity index (χ3v) is 5.54. The Morgan fingerprint density at radius 3 is 3.09 bits per heavy atom. The maximum Gasteiger partial charge on any atom is 0.126 e. The van der Waals surface area contributed by atoms with Crippen molar-refractivity contribution in [2.45, 2.75) is 35.0 Å². The number of H-pyrrole nitrogens is 1. The van der Waals surface area contributed by atoms with Crippen LogP contribution in [0.15, 0.2) is 46.5 Å². The number of nitrogens with two attached hydrogens (primary N) is 1. The van der Waals surface area contributed by atoms with Crippen LogP contribution in [0.1, 0.15) is 29.9 Å². The average Bonchev–Trinajstić information content (AvgIpc) is 3.02. The predicted octanol–water partition coefficient (Wildman–Crippen LogP) is 4.23. The van der Waals surface area contributed by atoms with Crippen LogP contribution >= 0.6 is 11.8 Å². The fourth-order valence-electron chi connectivity index (χ4n) is 3.39. The van der Waals surface area contributed by atoms with Gasteiger partial charge in [-0.3, -0.25) is 0 Å². The number of rotatable bonds is 3. The van der Waals surface area contributed by atoms with Gasteiger partial charge in [0.15, 0.2) is 0 Å². The molecule has 1 aliphatic carbocycles. The van der Waals surface area contributed by atoms with E-state index in [1.807, 2.05) is 0 Å². The number of halogens is 1. The monoisotopic (exact) mass is 327 g/mol. The van der Waals surface area contributed by atoms with Crippen LogP contribution in [0.2, 0.25) is 0 Å². The third-order valence-electron chi connectivity index (χ3n) is 4.52. The van der Waals surface area contributed by atoms with Gasteiger partial charge in [-0.15, -0.1) is 0 Å². The van der Waals surface area contributed by atoms with Crippen molar-refractivity contribution in [3.63, 3.8) is 0 Å². The Labute approximate surface area is 138 Å². The lowest BCUT2D eigenvalue weighted by molar-refractivity contribution is 0.560. The second-order valence-electron chi connectivity index (χ2n) is 5.99. The summed E-state index contributed by atoms with van der Waals surface area (Å²) in [7, 11) is 0. The summed E-state index contributed by atoms with van der Waals surface area (Å²) in [4.78, 5) is 9.24. The smallest absolute Gasteiger partial charge is 0.126 e. The number of aromatic amines is 1. The molecule has 1 aromatic heterocycles. The molecule has 0 saturated carbocycles. The van der Waals surface area contributed by atoms with Gasteiger partial charge >= 0.3 is 0 Å². The normalized spacial score (nSPS) is 17.4. The molecule has 118 valence electrons. The third kappa shape index (κ3) is 2.75. The lowest BCUT2D eigenvalue weighted by atomic mass is 9.83. The first kappa shape index (κ1) is 14.7. The number of benzene rings is 2. The minimum Gasteiger partial charge on any atom is -0.344 e. The van der Waals surface area contributed by atoms with Gasteiger partial charge in [0.1, 0.15) is 11.3 Å². The lowest BCUT2D eigenvalue weighted by Gasteiger charge is -2.24.